The summed E-state index contributed by atoms with van der Waals surface area (Å²) >= 11 is 0. The standard InChI is InChI=1S/C8H8O2.C6H12N2O2/c9-7-10-6-8-4-2-1-3-5-8;1-10-4-5-6(9)8-3-2-7-5/h1-5,7H,6H2;5,7H,2-4H2,1H3,(H,8,9). The lowest BCUT2D eigenvalue weighted by Gasteiger charge is -2.22. The zero-order chi connectivity index (χ0) is 14.6. The van der Waals surface area contributed by atoms with Crippen molar-refractivity contribution < 1.29 is 19.1 Å². The molecule has 2 N–H and O–H groups in total. The van der Waals surface area contributed by atoms with Crippen molar-refractivity contribution >= 4 is 12.4 Å². The highest BCUT2D eigenvalue weighted by Gasteiger charge is 2.20. The first-order chi connectivity index (χ1) is 9.77. The second kappa shape index (κ2) is 9.94. The van der Waals surface area contributed by atoms with E-state index in [2.05, 4.69) is 15.4 Å². The average molecular weight is 280 g/mol. The molecule has 1 atom stereocenters. The van der Waals surface area contributed by atoms with Gasteiger partial charge in [0.15, 0.2) is 0 Å². The smallest absolute Gasteiger partial charge is 0.293 e. The van der Waals surface area contributed by atoms with E-state index in [1.165, 1.54) is 0 Å². The number of amides is 1. The Labute approximate surface area is 118 Å². The van der Waals surface area contributed by atoms with Crippen molar-refractivity contribution in [1.29, 1.82) is 0 Å². The first-order valence-electron chi connectivity index (χ1n) is 6.37. The quantitative estimate of drug-likeness (QED) is 0.747. The zero-order valence-electron chi connectivity index (χ0n) is 11.5. The Bertz CT molecular complexity index is 395. The molecular weight excluding hydrogens is 260 g/mol. The Morgan fingerprint density at radius 1 is 1.30 bits per heavy atom. The van der Waals surface area contributed by atoms with E-state index in [4.69, 9.17) is 4.74 Å². The highest BCUT2D eigenvalue weighted by Crippen LogP contribution is 1.98. The number of carbonyl (C=O) groups excluding carboxylic acids is 2. The van der Waals surface area contributed by atoms with Gasteiger partial charge >= 0.3 is 0 Å². The first kappa shape index (κ1) is 16.1. The summed E-state index contributed by atoms with van der Waals surface area (Å²) in [5, 5.41) is 5.77. The average Bonchev–Trinajstić information content (AvgIpc) is 2.49. The van der Waals surface area contributed by atoms with Gasteiger partial charge in [-0.1, -0.05) is 30.3 Å². The molecule has 1 unspecified atom stereocenters. The van der Waals surface area contributed by atoms with E-state index >= 15 is 0 Å². The van der Waals surface area contributed by atoms with Gasteiger partial charge in [0.2, 0.25) is 5.91 Å². The molecule has 1 aromatic rings. The van der Waals surface area contributed by atoms with Crippen molar-refractivity contribution in [3.63, 3.8) is 0 Å². The third-order valence-electron chi connectivity index (χ3n) is 2.63. The van der Waals surface area contributed by atoms with E-state index in [1.54, 1.807) is 7.11 Å². The number of rotatable bonds is 5. The van der Waals surface area contributed by atoms with Crippen LogP contribution in [0.4, 0.5) is 0 Å². The lowest BCUT2D eigenvalue weighted by atomic mass is 10.2. The second-order valence-electron chi connectivity index (χ2n) is 4.15. The van der Waals surface area contributed by atoms with Crippen LogP contribution in [0.1, 0.15) is 5.56 Å². The van der Waals surface area contributed by atoms with Crippen LogP contribution in [-0.4, -0.2) is 45.2 Å². The minimum Gasteiger partial charge on any atom is -0.463 e. The highest BCUT2D eigenvalue weighted by atomic mass is 16.5. The monoisotopic (exact) mass is 280 g/mol. The van der Waals surface area contributed by atoms with Crippen molar-refractivity contribution in [2.24, 2.45) is 0 Å². The molecule has 2 rings (SSSR count). The molecule has 1 heterocycles. The fraction of sp³-hybridized carbons (Fsp3) is 0.429. The summed E-state index contributed by atoms with van der Waals surface area (Å²) in [6, 6.07) is 9.39. The molecule has 20 heavy (non-hydrogen) atoms. The van der Waals surface area contributed by atoms with Gasteiger partial charge in [0.1, 0.15) is 12.6 Å². The molecule has 0 spiro atoms. The summed E-state index contributed by atoms with van der Waals surface area (Å²) in [6.45, 7) is 2.82. The Morgan fingerprint density at radius 3 is 2.65 bits per heavy atom. The van der Waals surface area contributed by atoms with E-state index in [9.17, 15) is 9.59 Å². The SMILES string of the molecule is COCC1NCCNC1=O.O=COCc1ccccc1. The Kier molecular flexibility index (Phi) is 8.02. The van der Waals surface area contributed by atoms with Gasteiger partial charge in [0.25, 0.3) is 6.47 Å². The molecule has 1 amide bonds. The summed E-state index contributed by atoms with van der Waals surface area (Å²) in [5.74, 6) is 0.0353. The Hall–Kier alpha value is -1.92. The van der Waals surface area contributed by atoms with Gasteiger partial charge in [-0.3, -0.25) is 9.59 Å². The lowest BCUT2D eigenvalue weighted by molar-refractivity contribution is -0.129. The molecule has 6 heteroatoms. The van der Waals surface area contributed by atoms with Gasteiger partial charge in [-0.05, 0) is 5.56 Å². The molecule has 6 nitrogen and oxygen atoms in total. The molecule has 1 fully saturated rings. The highest BCUT2D eigenvalue weighted by molar-refractivity contribution is 5.82. The predicted octanol–water partition coefficient (Wildman–Crippen LogP) is 0.0804. The number of piperazine rings is 1. The van der Waals surface area contributed by atoms with Crippen LogP contribution in [0.5, 0.6) is 0 Å². The molecule has 1 aliphatic rings. The van der Waals surface area contributed by atoms with Gasteiger partial charge in [0.05, 0.1) is 6.61 Å². The van der Waals surface area contributed by atoms with E-state index in [1.807, 2.05) is 30.3 Å². The molecule has 110 valence electrons. The van der Waals surface area contributed by atoms with Gasteiger partial charge in [-0.25, -0.2) is 0 Å². The molecule has 0 aliphatic carbocycles. The normalized spacial score (nSPS) is 17.4. The van der Waals surface area contributed by atoms with Gasteiger partial charge in [-0.15, -0.1) is 0 Å². The van der Waals surface area contributed by atoms with Crippen LogP contribution in [0.2, 0.25) is 0 Å². The number of nitrogens with one attached hydrogen (secondary N) is 2. The topological polar surface area (TPSA) is 76.7 Å². The van der Waals surface area contributed by atoms with E-state index < -0.39 is 0 Å². The summed E-state index contributed by atoms with van der Waals surface area (Å²) < 4.78 is 9.37. The number of methoxy groups -OCH3 is 1. The number of ether oxygens (including phenoxy) is 2. The van der Waals surface area contributed by atoms with Gasteiger partial charge in [-0.2, -0.15) is 0 Å². The van der Waals surface area contributed by atoms with Crippen molar-refractivity contribution in [2.75, 3.05) is 26.8 Å². The van der Waals surface area contributed by atoms with Gasteiger partial charge < -0.3 is 20.1 Å². The van der Waals surface area contributed by atoms with Crippen molar-refractivity contribution in [2.45, 2.75) is 12.6 Å². The number of hydrogen-bond donors (Lipinski definition) is 2. The summed E-state index contributed by atoms with van der Waals surface area (Å²) in [6.07, 6.45) is 0. The van der Waals surface area contributed by atoms with E-state index in [0.717, 1.165) is 18.7 Å². The molecular formula is C14H20N2O4. The van der Waals surface area contributed by atoms with Crippen LogP contribution in [0.25, 0.3) is 0 Å². The molecule has 1 aromatic carbocycles. The molecule has 0 saturated carbocycles. The Morgan fingerprint density at radius 2 is 2.05 bits per heavy atom. The fourth-order valence-electron chi connectivity index (χ4n) is 1.65. The maximum Gasteiger partial charge on any atom is 0.293 e. The maximum atomic E-state index is 10.9. The van der Waals surface area contributed by atoms with Crippen molar-refractivity contribution in [3.05, 3.63) is 35.9 Å². The summed E-state index contributed by atoms with van der Waals surface area (Å²) in [5.41, 5.74) is 1.01. The van der Waals surface area contributed by atoms with Crippen LogP contribution in [0.15, 0.2) is 30.3 Å². The third kappa shape index (κ3) is 6.31. The molecule has 0 radical (unpaired) electrons. The molecule has 0 bridgehead atoms. The minimum atomic E-state index is -0.154. The largest absolute Gasteiger partial charge is 0.463 e. The second-order valence-corrected chi connectivity index (χ2v) is 4.15. The number of carbonyl (C=O) groups is 2. The number of hydrogen-bond acceptors (Lipinski definition) is 5. The molecule has 0 aromatic heterocycles. The van der Waals surface area contributed by atoms with Crippen LogP contribution in [0.3, 0.4) is 0 Å². The van der Waals surface area contributed by atoms with Crippen LogP contribution < -0.4 is 10.6 Å². The lowest BCUT2D eigenvalue weighted by Crippen LogP contribution is -2.54. The number of benzene rings is 1. The summed E-state index contributed by atoms with van der Waals surface area (Å²) in [4.78, 5) is 20.7. The maximum absolute atomic E-state index is 10.9. The van der Waals surface area contributed by atoms with E-state index in [-0.39, 0.29) is 11.9 Å². The first-order valence-corrected chi connectivity index (χ1v) is 6.37. The van der Waals surface area contributed by atoms with Crippen molar-refractivity contribution in [1.82, 2.24) is 10.6 Å². The third-order valence-corrected chi connectivity index (χ3v) is 2.63. The van der Waals surface area contributed by atoms with Gasteiger partial charge in [0, 0.05) is 20.2 Å². The minimum absolute atomic E-state index is 0.0353. The predicted molar refractivity (Wildman–Crippen MR) is 74.0 cm³/mol. The van der Waals surface area contributed by atoms with E-state index in [0.29, 0.717) is 19.7 Å². The van der Waals surface area contributed by atoms with Crippen LogP contribution in [0, 0.1) is 0 Å². The van der Waals surface area contributed by atoms with Crippen molar-refractivity contribution in [3.8, 4) is 0 Å². The fourth-order valence-corrected chi connectivity index (χ4v) is 1.65. The zero-order valence-corrected chi connectivity index (χ0v) is 11.5. The Balaban J connectivity index is 0.000000200. The molecule has 1 saturated heterocycles. The summed E-state index contributed by atoms with van der Waals surface area (Å²) in [7, 11) is 1.59. The van der Waals surface area contributed by atoms with Crippen LogP contribution >= 0.6 is 0 Å². The molecule has 1 aliphatic heterocycles. The van der Waals surface area contributed by atoms with Crippen LogP contribution in [-0.2, 0) is 25.7 Å².